The van der Waals surface area contributed by atoms with E-state index in [1.807, 2.05) is 0 Å². The fraction of sp³-hybridized carbons (Fsp3) is 0.875. The first-order valence-electron chi connectivity index (χ1n) is 3.89. The monoisotopic (exact) mass is 239 g/mol. The van der Waals surface area contributed by atoms with Gasteiger partial charge in [-0.2, -0.15) is 0 Å². The van der Waals surface area contributed by atoms with Crippen molar-refractivity contribution in [2.75, 3.05) is 13.1 Å². The SMILES string of the molecule is CC(C)=[N+]1CCC(Cl)CC1.[Br-]. The lowest BCUT2D eigenvalue weighted by atomic mass is 10.1. The summed E-state index contributed by atoms with van der Waals surface area (Å²) in [6.45, 7) is 6.62. The van der Waals surface area contributed by atoms with E-state index >= 15 is 0 Å². The molecule has 0 bridgehead atoms. The molecule has 1 aliphatic rings. The fourth-order valence-electron chi connectivity index (χ4n) is 1.30. The minimum Gasteiger partial charge on any atom is -1.00 e. The van der Waals surface area contributed by atoms with E-state index in [1.165, 1.54) is 5.71 Å². The molecule has 1 aliphatic heterocycles. The van der Waals surface area contributed by atoms with Crippen molar-refractivity contribution < 1.29 is 21.6 Å². The molecule has 0 radical (unpaired) electrons. The Morgan fingerprint density at radius 2 is 1.73 bits per heavy atom. The lowest BCUT2D eigenvalue weighted by molar-refractivity contribution is -0.537. The molecule has 0 aromatic rings. The van der Waals surface area contributed by atoms with Gasteiger partial charge >= 0.3 is 0 Å². The molecular weight excluding hydrogens is 225 g/mol. The predicted molar refractivity (Wildman–Crippen MR) is 45.2 cm³/mol. The molecular formula is C8H15BrClN. The maximum Gasteiger partial charge on any atom is 0.146 e. The highest BCUT2D eigenvalue weighted by molar-refractivity contribution is 6.20. The van der Waals surface area contributed by atoms with Crippen molar-refractivity contribution >= 4 is 17.3 Å². The third kappa shape index (κ3) is 3.57. The molecule has 0 saturated carbocycles. The largest absolute Gasteiger partial charge is 1.00 e. The summed E-state index contributed by atoms with van der Waals surface area (Å²) in [7, 11) is 0. The Labute approximate surface area is 84.2 Å². The van der Waals surface area contributed by atoms with E-state index in [0.717, 1.165) is 25.9 Å². The Bertz CT molecular complexity index is 142. The summed E-state index contributed by atoms with van der Waals surface area (Å²) in [5.74, 6) is 0. The summed E-state index contributed by atoms with van der Waals surface area (Å²) < 4.78 is 2.40. The van der Waals surface area contributed by atoms with Crippen LogP contribution in [-0.4, -0.2) is 28.8 Å². The number of alkyl halides is 1. The molecule has 1 nitrogen and oxygen atoms in total. The van der Waals surface area contributed by atoms with Crippen LogP contribution in [0.1, 0.15) is 26.7 Å². The second-order valence-corrected chi connectivity index (χ2v) is 3.73. The van der Waals surface area contributed by atoms with E-state index in [-0.39, 0.29) is 17.0 Å². The zero-order valence-electron chi connectivity index (χ0n) is 7.11. The number of piperidine rings is 1. The van der Waals surface area contributed by atoms with Gasteiger partial charge in [-0.15, -0.1) is 11.6 Å². The first-order valence-corrected chi connectivity index (χ1v) is 4.33. The molecule has 0 aromatic heterocycles. The van der Waals surface area contributed by atoms with Gasteiger partial charge in [-0.25, -0.2) is 4.58 Å². The molecule has 0 aliphatic carbocycles. The van der Waals surface area contributed by atoms with Crippen molar-refractivity contribution in [3.05, 3.63) is 0 Å². The van der Waals surface area contributed by atoms with E-state index in [4.69, 9.17) is 11.6 Å². The molecule has 0 unspecified atom stereocenters. The standard InChI is InChI=1S/C8H15ClN.BrH/c1-7(2)10-5-3-8(9)4-6-10;/h8H,3-6H2,1-2H3;1H/q+1;/p-1. The quantitative estimate of drug-likeness (QED) is 0.373. The molecule has 1 heterocycles. The maximum absolute atomic E-state index is 5.95. The van der Waals surface area contributed by atoms with Gasteiger partial charge in [0, 0.05) is 32.1 Å². The van der Waals surface area contributed by atoms with Crippen LogP contribution in [0.2, 0.25) is 0 Å². The highest BCUT2D eigenvalue weighted by Gasteiger charge is 2.19. The molecule has 1 saturated heterocycles. The number of hydrogen-bond acceptors (Lipinski definition) is 0. The van der Waals surface area contributed by atoms with Gasteiger partial charge in [0.1, 0.15) is 18.8 Å². The minimum absolute atomic E-state index is 0. The summed E-state index contributed by atoms with van der Waals surface area (Å²) in [6, 6.07) is 0. The Balaban J connectivity index is 0.000001000. The number of rotatable bonds is 0. The van der Waals surface area contributed by atoms with Crippen molar-refractivity contribution in [2.24, 2.45) is 0 Å². The van der Waals surface area contributed by atoms with Gasteiger partial charge in [-0.05, 0) is 0 Å². The van der Waals surface area contributed by atoms with E-state index in [2.05, 4.69) is 18.4 Å². The van der Waals surface area contributed by atoms with Crippen LogP contribution in [-0.2, 0) is 0 Å². The second-order valence-electron chi connectivity index (χ2n) is 3.11. The van der Waals surface area contributed by atoms with Crippen molar-refractivity contribution in [1.82, 2.24) is 0 Å². The van der Waals surface area contributed by atoms with E-state index < -0.39 is 0 Å². The first kappa shape index (κ1) is 11.4. The van der Waals surface area contributed by atoms with E-state index in [0.29, 0.717) is 5.38 Å². The lowest BCUT2D eigenvalue weighted by Gasteiger charge is -2.15. The van der Waals surface area contributed by atoms with Gasteiger partial charge < -0.3 is 17.0 Å². The van der Waals surface area contributed by atoms with Gasteiger partial charge in [0.25, 0.3) is 0 Å². The molecule has 0 spiro atoms. The molecule has 0 N–H and O–H groups in total. The van der Waals surface area contributed by atoms with Crippen molar-refractivity contribution in [2.45, 2.75) is 32.1 Å². The first-order chi connectivity index (χ1) is 4.70. The molecule has 0 aromatic carbocycles. The van der Waals surface area contributed by atoms with Crippen LogP contribution in [0, 0.1) is 0 Å². The van der Waals surface area contributed by atoms with Crippen LogP contribution in [0.5, 0.6) is 0 Å². The highest BCUT2D eigenvalue weighted by Crippen LogP contribution is 2.12. The van der Waals surface area contributed by atoms with Crippen LogP contribution in [0.25, 0.3) is 0 Å². The zero-order valence-corrected chi connectivity index (χ0v) is 9.45. The normalized spacial score (nSPS) is 24.3. The van der Waals surface area contributed by atoms with Gasteiger partial charge in [0.05, 0.1) is 0 Å². The van der Waals surface area contributed by atoms with E-state index in [1.54, 1.807) is 0 Å². The molecule has 66 valence electrons. The van der Waals surface area contributed by atoms with Gasteiger partial charge in [-0.3, -0.25) is 0 Å². The van der Waals surface area contributed by atoms with Crippen molar-refractivity contribution in [3.8, 4) is 0 Å². The maximum atomic E-state index is 5.95. The Morgan fingerprint density at radius 1 is 1.27 bits per heavy atom. The summed E-state index contributed by atoms with van der Waals surface area (Å²) in [6.07, 6.45) is 2.29. The minimum atomic E-state index is 0. The third-order valence-corrected chi connectivity index (χ3v) is 2.49. The number of halogens is 2. The Kier molecular flexibility index (Phi) is 5.36. The van der Waals surface area contributed by atoms with Crippen LogP contribution in [0.15, 0.2) is 0 Å². The predicted octanol–water partition coefficient (Wildman–Crippen LogP) is -1.12. The lowest BCUT2D eigenvalue weighted by Crippen LogP contribution is -3.00. The average molecular weight is 241 g/mol. The molecule has 3 heteroatoms. The summed E-state index contributed by atoms with van der Waals surface area (Å²) in [4.78, 5) is 0. The molecule has 11 heavy (non-hydrogen) atoms. The van der Waals surface area contributed by atoms with Crippen LogP contribution in [0.4, 0.5) is 0 Å². The van der Waals surface area contributed by atoms with Crippen molar-refractivity contribution in [3.63, 3.8) is 0 Å². The summed E-state index contributed by atoms with van der Waals surface area (Å²) in [5, 5.41) is 0.426. The molecule has 0 atom stereocenters. The Morgan fingerprint density at radius 3 is 2.09 bits per heavy atom. The molecule has 1 rings (SSSR count). The third-order valence-electron chi connectivity index (χ3n) is 2.06. The van der Waals surface area contributed by atoms with Gasteiger partial charge in [0.2, 0.25) is 0 Å². The fourth-order valence-corrected chi connectivity index (χ4v) is 1.49. The number of nitrogens with zero attached hydrogens (tertiary/aromatic N) is 1. The van der Waals surface area contributed by atoms with Crippen LogP contribution < -0.4 is 17.0 Å². The van der Waals surface area contributed by atoms with Crippen LogP contribution >= 0.6 is 11.6 Å². The highest BCUT2D eigenvalue weighted by atomic mass is 79.9. The van der Waals surface area contributed by atoms with Crippen LogP contribution in [0.3, 0.4) is 0 Å². The van der Waals surface area contributed by atoms with Crippen molar-refractivity contribution in [1.29, 1.82) is 0 Å². The summed E-state index contributed by atoms with van der Waals surface area (Å²) >= 11 is 5.95. The van der Waals surface area contributed by atoms with Gasteiger partial charge in [-0.1, -0.05) is 0 Å². The molecule has 1 fully saturated rings. The smallest absolute Gasteiger partial charge is 0.146 e. The second kappa shape index (κ2) is 5.15. The van der Waals surface area contributed by atoms with E-state index in [9.17, 15) is 0 Å². The topological polar surface area (TPSA) is 3.01 Å². The average Bonchev–Trinajstić information content (AvgIpc) is 1.88. The van der Waals surface area contributed by atoms with Gasteiger partial charge in [0.15, 0.2) is 0 Å². The zero-order chi connectivity index (χ0) is 7.56. The number of hydrogen-bond donors (Lipinski definition) is 0. The molecule has 0 amide bonds. The summed E-state index contributed by atoms with van der Waals surface area (Å²) in [5.41, 5.74) is 1.42. The Hall–Kier alpha value is 0.440.